The molecule has 0 aliphatic rings. The molecule has 0 aromatic carbocycles. The zero-order chi connectivity index (χ0) is 12.6. The second kappa shape index (κ2) is 8.22. The fourth-order valence-corrected chi connectivity index (χ4v) is 3.31. The topological polar surface area (TPSA) is 0 Å². The molecule has 1 heteroatoms. The van der Waals surface area contributed by atoms with Gasteiger partial charge in [0, 0.05) is 5.25 Å². The number of allylic oxidation sites excluding steroid dienone is 1. The summed E-state index contributed by atoms with van der Waals surface area (Å²) in [7, 11) is 0. The lowest BCUT2D eigenvalue weighted by Gasteiger charge is -2.28. The average molecular weight is 242 g/mol. The Bertz CT molecular complexity index is 184. The van der Waals surface area contributed by atoms with E-state index < -0.39 is 0 Å². The van der Waals surface area contributed by atoms with Gasteiger partial charge in [-0.3, -0.25) is 0 Å². The van der Waals surface area contributed by atoms with E-state index in [0.717, 1.165) is 5.25 Å². The average Bonchev–Trinajstić information content (AvgIpc) is 2.26. The third kappa shape index (κ3) is 6.62. The largest absolute Gasteiger partial charge is 0.157 e. The van der Waals surface area contributed by atoms with Crippen molar-refractivity contribution in [1.82, 2.24) is 0 Å². The van der Waals surface area contributed by atoms with Crippen LogP contribution in [0.25, 0.3) is 0 Å². The van der Waals surface area contributed by atoms with E-state index in [1.807, 2.05) is 0 Å². The molecule has 2 atom stereocenters. The molecule has 0 saturated heterocycles. The van der Waals surface area contributed by atoms with Gasteiger partial charge in [-0.1, -0.05) is 53.5 Å². The maximum absolute atomic E-state index is 3.91. The van der Waals surface area contributed by atoms with Gasteiger partial charge in [-0.15, -0.1) is 6.58 Å². The van der Waals surface area contributed by atoms with Crippen molar-refractivity contribution in [3.8, 4) is 0 Å². The van der Waals surface area contributed by atoms with Crippen LogP contribution in [0.15, 0.2) is 12.7 Å². The maximum Gasteiger partial charge on any atom is 0.0105 e. The maximum atomic E-state index is 3.91. The fourth-order valence-electron chi connectivity index (χ4n) is 1.85. The van der Waals surface area contributed by atoms with Crippen molar-refractivity contribution in [2.24, 2.45) is 11.3 Å². The predicted octanol–water partition coefficient (Wildman–Crippen LogP) is 5.54. The minimum absolute atomic E-state index is 0.495. The molecular weight excluding hydrogens is 212 g/mol. The first-order valence-corrected chi connectivity index (χ1v) is 7.75. The first kappa shape index (κ1) is 16.1. The van der Waals surface area contributed by atoms with Crippen LogP contribution in [0.4, 0.5) is 0 Å². The first-order chi connectivity index (χ1) is 7.46. The number of thioether (sulfide) groups is 1. The Morgan fingerprint density at radius 2 is 1.94 bits per heavy atom. The van der Waals surface area contributed by atoms with E-state index in [9.17, 15) is 0 Å². The van der Waals surface area contributed by atoms with Crippen molar-refractivity contribution in [1.29, 1.82) is 0 Å². The van der Waals surface area contributed by atoms with Gasteiger partial charge < -0.3 is 0 Å². The van der Waals surface area contributed by atoms with Crippen LogP contribution in [-0.2, 0) is 0 Å². The zero-order valence-electron chi connectivity index (χ0n) is 11.9. The molecular formula is C15H30S. The molecule has 0 bridgehead atoms. The smallest absolute Gasteiger partial charge is 0.0105 e. The Morgan fingerprint density at radius 1 is 1.31 bits per heavy atom. The minimum atomic E-state index is 0.495. The highest BCUT2D eigenvalue weighted by Gasteiger charge is 2.21. The Hall–Kier alpha value is 0.0900. The van der Waals surface area contributed by atoms with Crippen LogP contribution < -0.4 is 0 Å². The quantitative estimate of drug-likeness (QED) is 0.479. The van der Waals surface area contributed by atoms with E-state index in [0.29, 0.717) is 11.3 Å². The van der Waals surface area contributed by atoms with E-state index in [4.69, 9.17) is 0 Å². The molecule has 0 spiro atoms. The van der Waals surface area contributed by atoms with Crippen LogP contribution >= 0.6 is 11.8 Å². The Balaban J connectivity index is 4.03. The highest BCUT2D eigenvalue weighted by atomic mass is 32.2. The van der Waals surface area contributed by atoms with Crippen LogP contribution in [0, 0.1) is 11.3 Å². The van der Waals surface area contributed by atoms with E-state index in [1.54, 1.807) is 0 Å². The van der Waals surface area contributed by atoms with Crippen molar-refractivity contribution in [2.45, 2.75) is 65.6 Å². The number of unbranched alkanes of at least 4 members (excludes halogenated alkanes) is 1. The molecule has 0 aromatic rings. The molecule has 0 heterocycles. The van der Waals surface area contributed by atoms with Crippen LogP contribution in [-0.4, -0.2) is 11.0 Å². The third-order valence-corrected chi connectivity index (χ3v) is 5.39. The second-order valence-corrected chi connectivity index (χ2v) is 6.85. The van der Waals surface area contributed by atoms with E-state index >= 15 is 0 Å². The van der Waals surface area contributed by atoms with Crippen LogP contribution in [0.3, 0.4) is 0 Å². The van der Waals surface area contributed by atoms with Gasteiger partial charge in [-0.2, -0.15) is 11.8 Å². The van der Waals surface area contributed by atoms with Gasteiger partial charge in [0.15, 0.2) is 0 Å². The summed E-state index contributed by atoms with van der Waals surface area (Å²) in [4.78, 5) is 0. The Morgan fingerprint density at radius 3 is 2.38 bits per heavy atom. The number of hydrogen-bond acceptors (Lipinski definition) is 1. The van der Waals surface area contributed by atoms with Gasteiger partial charge in [0.25, 0.3) is 0 Å². The van der Waals surface area contributed by atoms with Crippen molar-refractivity contribution in [2.75, 3.05) is 5.75 Å². The van der Waals surface area contributed by atoms with Gasteiger partial charge in [0.2, 0.25) is 0 Å². The van der Waals surface area contributed by atoms with Crippen LogP contribution in [0.1, 0.15) is 60.3 Å². The Kier molecular flexibility index (Phi) is 8.27. The van der Waals surface area contributed by atoms with Crippen molar-refractivity contribution < 1.29 is 0 Å². The Labute approximate surface area is 107 Å². The molecule has 0 amide bonds. The summed E-state index contributed by atoms with van der Waals surface area (Å²) in [6.45, 7) is 15.6. The van der Waals surface area contributed by atoms with Crippen LogP contribution in [0.2, 0.25) is 0 Å². The molecule has 0 nitrogen and oxygen atoms in total. The highest BCUT2D eigenvalue weighted by Crippen LogP contribution is 2.33. The lowest BCUT2D eigenvalue weighted by molar-refractivity contribution is 0.371. The van der Waals surface area contributed by atoms with E-state index in [1.165, 1.54) is 31.4 Å². The van der Waals surface area contributed by atoms with Gasteiger partial charge in [-0.25, -0.2) is 0 Å². The molecule has 0 aliphatic heterocycles. The molecule has 16 heavy (non-hydrogen) atoms. The van der Waals surface area contributed by atoms with Crippen molar-refractivity contribution in [3.63, 3.8) is 0 Å². The standard InChI is InChI=1S/C15H30S/c1-7-10-11-15(5,6)12-16-14(9-3)13(4)8-2/h8,13-14H,2,7,9-12H2,1,3-6H3. The molecule has 0 aromatic heterocycles. The van der Waals surface area contributed by atoms with E-state index in [-0.39, 0.29) is 0 Å². The van der Waals surface area contributed by atoms with Gasteiger partial charge in [0.05, 0.1) is 0 Å². The van der Waals surface area contributed by atoms with Gasteiger partial charge >= 0.3 is 0 Å². The molecule has 0 saturated carbocycles. The predicted molar refractivity (Wildman–Crippen MR) is 79.2 cm³/mol. The lowest BCUT2D eigenvalue weighted by atomic mass is 9.90. The molecule has 96 valence electrons. The van der Waals surface area contributed by atoms with Gasteiger partial charge in [-0.05, 0) is 29.9 Å². The first-order valence-electron chi connectivity index (χ1n) is 6.71. The normalized spacial score (nSPS) is 15.8. The summed E-state index contributed by atoms with van der Waals surface area (Å²) in [5, 5.41) is 0.749. The lowest BCUT2D eigenvalue weighted by Crippen LogP contribution is -2.19. The molecule has 0 radical (unpaired) electrons. The molecule has 2 unspecified atom stereocenters. The summed E-state index contributed by atoms with van der Waals surface area (Å²) in [6.07, 6.45) is 7.38. The SMILES string of the molecule is C=CC(C)C(CC)SCC(C)(C)CCCC. The van der Waals surface area contributed by atoms with Gasteiger partial charge in [0.1, 0.15) is 0 Å². The third-order valence-electron chi connectivity index (χ3n) is 3.26. The van der Waals surface area contributed by atoms with Crippen molar-refractivity contribution in [3.05, 3.63) is 12.7 Å². The summed E-state index contributed by atoms with van der Waals surface area (Å²) in [5.41, 5.74) is 0.495. The highest BCUT2D eigenvalue weighted by molar-refractivity contribution is 7.99. The summed E-state index contributed by atoms with van der Waals surface area (Å²) >= 11 is 2.14. The van der Waals surface area contributed by atoms with Crippen LogP contribution in [0.5, 0.6) is 0 Å². The number of hydrogen-bond donors (Lipinski definition) is 0. The minimum Gasteiger partial charge on any atom is -0.157 e. The monoisotopic (exact) mass is 242 g/mol. The van der Waals surface area contributed by atoms with E-state index in [2.05, 4.69) is 59.0 Å². The fraction of sp³-hybridized carbons (Fsp3) is 0.867. The molecule has 0 fully saturated rings. The molecule has 0 N–H and O–H groups in total. The number of rotatable bonds is 9. The zero-order valence-corrected chi connectivity index (χ0v) is 12.7. The summed E-state index contributed by atoms with van der Waals surface area (Å²) < 4.78 is 0. The molecule has 0 aliphatic carbocycles. The molecule has 0 rings (SSSR count). The van der Waals surface area contributed by atoms with Crippen molar-refractivity contribution >= 4 is 11.8 Å². The second-order valence-electron chi connectivity index (χ2n) is 5.62. The summed E-state index contributed by atoms with van der Waals surface area (Å²) in [6, 6.07) is 0. The summed E-state index contributed by atoms with van der Waals surface area (Å²) in [5.74, 6) is 1.92.